The summed E-state index contributed by atoms with van der Waals surface area (Å²) in [6.07, 6.45) is 0. The smallest absolute Gasteiger partial charge is 0.160 e. The van der Waals surface area contributed by atoms with Crippen molar-refractivity contribution in [3.8, 4) is 39.5 Å². The van der Waals surface area contributed by atoms with E-state index < -0.39 is 0 Å². The van der Waals surface area contributed by atoms with Gasteiger partial charge in [0.1, 0.15) is 0 Å². The number of thiophene rings is 1. The van der Waals surface area contributed by atoms with Crippen LogP contribution in [0.3, 0.4) is 0 Å². The lowest BCUT2D eigenvalue weighted by Gasteiger charge is -2.11. The third-order valence-electron chi connectivity index (χ3n) is 8.45. The molecule has 3 aromatic heterocycles. The first-order chi connectivity index (χ1) is 21.8. The summed E-state index contributed by atoms with van der Waals surface area (Å²) in [4.78, 5) is 10.4. The number of fused-ring (bicyclic) bond motifs is 6. The van der Waals surface area contributed by atoms with Gasteiger partial charge in [0.15, 0.2) is 5.82 Å². The molecule has 0 N–H and O–H groups in total. The molecule has 4 heteroatoms. The summed E-state index contributed by atoms with van der Waals surface area (Å²) in [5.41, 5.74) is 9.97. The van der Waals surface area contributed by atoms with Gasteiger partial charge in [0.25, 0.3) is 0 Å². The van der Waals surface area contributed by atoms with Crippen molar-refractivity contribution < 1.29 is 0 Å². The predicted molar refractivity (Wildman–Crippen MR) is 186 cm³/mol. The number of hydrogen-bond donors (Lipinski definition) is 0. The Balaban J connectivity index is 1.20. The molecular weight excluding hydrogens is 555 g/mol. The van der Waals surface area contributed by atoms with E-state index in [4.69, 9.17) is 9.97 Å². The van der Waals surface area contributed by atoms with Gasteiger partial charge in [-0.05, 0) is 41.5 Å². The Morgan fingerprint density at radius 1 is 0.432 bits per heavy atom. The molecule has 0 fully saturated rings. The molecule has 3 nitrogen and oxygen atoms in total. The van der Waals surface area contributed by atoms with Crippen molar-refractivity contribution in [2.45, 2.75) is 0 Å². The number of hydrogen-bond acceptors (Lipinski definition) is 3. The standard InChI is InChI=1S/C40H25N3S/c1-2-10-26(11-3-1)27-18-20-29(21-19-27)40-41-37(39-38(42-40)33-14-6-9-17-36(33)44-39)28-22-24-30(25-23-28)43-34-15-7-4-12-31(34)32-13-5-8-16-35(32)43/h1-25H. The van der Waals surface area contributed by atoms with Gasteiger partial charge in [-0.3, -0.25) is 0 Å². The third-order valence-corrected chi connectivity index (χ3v) is 9.62. The molecule has 6 aromatic carbocycles. The van der Waals surface area contributed by atoms with Gasteiger partial charge in [0.2, 0.25) is 0 Å². The first kappa shape index (κ1) is 25.0. The van der Waals surface area contributed by atoms with Crippen molar-refractivity contribution in [2.75, 3.05) is 0 Å². The number of aromatic nitrogens is 3. The molecule has 206 valence electrons. The van der Waals surface area contributed by atoms with Gasteiger partial charge in [-0.25, -0.2) is 9.97 Å². The highest BCUT2D eigenvalue weighted by atomic mass is 32.1. The van der Waals surface area contributed by atoms with E-state index in [0.717, 1.165) is 38.5 Å². The van der Waals surface area contributed by atoms with E-state index >= 15 is 0 Å². The molecule has 0 unspecified atom stereocenters. The van der Waals surface area contributed by atoms with Gasteiger partial charge in [0.05, 0.1) is 26.9 Å². The molecule has 0 aliphatic rings. The second kappa shape index (κ2) is 10.0. The number of rotatable bonds is 4. The molecular formula is C40H25N3S. The summed E-state index contributed by atoms with van der Waals surface area (Å²) < 4.78 is 4.68. The summed E-state index contributed by atoms with van der Waals surface area (Å²) in [5.74, 6) is 0.738. The fourth-order valence-corrected chi connectivity index (χ4v) is 7.48. The average molecular weight is 580 g/mol. The van der Waals surface area contributed by atoms with Gasteiger partial charge in [0, 0.05) is 37.7 Å². The Bertz CT molecular complexity index is 2420. The van der Waals surface area contributed by atoms with Gasteiger partial charge >= 0.3 is 0 Å². The normalized spacial score (nSPS) is 11.6. The molecule has 0 aliphatic carbocycles. The maximum absolute atomic E-state index is 5.22. The molecule has 9 rings (SSSR count). The number of nitrogens with zero attached hydrogens (tertiary/aromatic N) is 3. The summed E-state index contributed by atoms with van der Waals surface area (Å²) in [7, 11) is 0. The number of para-hydroxylation sites is 2. The molecule has 0 saturated heterocycles. The summed E-state index contributed by atoms with van der Waals surface area (Å²) in [6, 6.07) is 53.6. The first-order valence-corrected chi connectivity index (χ1v) is 15.6. The van der Waals surface area contributed by atoms with Crippen molar-refractivity contribution in [3.05, 3.63) is 152 Å². The molecule has 0 radical (unpaired) electrons. The fourth-order valence-electron chi connectivity index (χ4n) is 6.33. The van der Waals surface area contributed by atoms with E-state index in [1.807, 2.05) is 6.07 Å². The predicted octanol–water partition coefficient (Wildman–Crippen LogP) is 10.9. The Morgan fingerprint density at radius 3 is 1.68 bits per heavy atom. The van der Waals surface area contributed by atoms with Crippen LogP contribution in [-0.2, 0) is 0 Å². The Morgan fingerprint density at radius 2 is 0.977 bits per heavy atom. The van der Waals surface area contributed by atoms with Crippen LogP contribution >= 0.6 is 11.3 Å². The van der Waals surface area contributed by atoms with Crippen molar-refractivity contribution >= 4 is 53.4 Å². The summed E-state index contributed by atoms with van der Waals surface area (Å²) in [6.45, 7) is 0. The highest BCUT2D eigenvalue weighted by Gasteiger charge is 2.17. The topological polar surface area (TPSA) is 30.7 Å². The van der Waals surface area contributed by atoms with E-state index in [2.05, 4.69) is 150 Å². The van der Waals surface area contributed by atoms with Gasteiger partial charge in [-0.1, -0.05) is 121 Å². The summed E-state index contributed by atoms with van der Waals surface area (Å²) in [5, 5.41) is 3.69. The Labute approximate surface area is 258 Å². The molecule has 3 heterocycles. The van der Waals surface area contributed by atoms with Crippen LogP contribution in [0.2, 0.25) is 0 Å². The zero-order valence-electron chi connectivity index (χ0n) is 23.7. The lowest BCUT2D eigenvalue weighted by atomic mass is 10.0. The van der Waals surface area contributed by atoms with Gasteiger partial charge in [-0.15, -0.1) is 11.3 Å². The van der Waals surface area contributed by atoms with Crippen LogP contribution in [0.1, 0.15) is 0 Å². The highest BCUT2D eigenvalue weighted by molar-refractivity contribution is 7.26. The molecule has 0 spiro atoms. The average Bonchev–Trinajstić information content (AvgIpc) is 3.64. The minimum Gasteiger partial charge on any atom is -0.309 e. The van der Waals surface area contributed by atoms with Crippen LogP contribution in [0.15, 0.2) is 152 Å². The van der Waals surface area contributed by atoms with Gasteiger partial charge < -0.3 is 4.57 Å². The van der Waals surface area contributed by atoms with Crippen LogP contribution in [0.4, 0.5) is 0 Å². The molecule has 9 aromatic rings. The highest BCUT2D eigenvalue weighted by Crippen LogP contribution is 2.40. The van der Waals surface area contributed by atoms with Gasteiger partial charge in [-0.2, -0.15) is 0 Å². The lowest BCUT2D eigenvalue weighted by molar-refractivity contribution is 1.18. The quantitative estimate of drug-likeness (QED) is 0.208. The zero-order valence-corrected chi connectivity index (χ0v) is 24.5. The van der Waals surface area contributed by atoms with Crippen LogP contribution in [0.25, 0.3) is 81.6 Å². The summed E-state index contributed by atoms with van der Waals surface area (Å²) >= 11 is 1.76. The SMILES string of the molecule is c1ccc(-c2ccc(-c3nc(-c4ccc(-n5c6ccccc6c6ccccc65)cc4)c4sc5ccccc5c4n3)cc2)cc1. The molecule has 0 saturated carbocycles. The van der Waals surface area contributed by atoms with E-state index in [-0.39, 0.29) is 0 Å². The van der Waals surface area contributed by atoms with Crippen LogP contribution in [0, 0.1) is 0 Å². The maximum atomic E-state index is 5.22. The number of benzene rings is 6. The molecule has 0 aliphatic heterocycles. The molecule has 0 atom stereocenters. The first-order valence-electron chi connectivity index (χ1n) is 14.8. The largest absolute Gasteiger partial charge is 0.309 e. The van der Waals surface area contributed by atoms with Crippen LogP contribution in [0.5, 0.6) is 0 Å². The molecule has 0 amide bonds. The molecule has 44 heavy (non-hydrogen) atoms. The van der Waals surface area contributed by atoms with E-state index in [1.165, 1.54) is 43.0 Å². The molecule has 0 bridgehead atoms. The zero-order chi connectivity index (χ0) is 29.0. The van der Waals surface area contributed by atoms with Crippen molar-refractivity contribution in [2.24, 2.45) is 0 Å². The lowest BCUT2D eigenvalue weighted by Crippen LogP contribution is -1.96. The van der Waals surface area contributed by atoms with Crippen LogP contribution in [-0.4, -0.2) is 14.5 Å². The van der Waals surface area contributed by atoms with Crippen molar-refractivity contribution in [1.82, 2.24) is 14.5 Å². The Hall–Kier alpha value is -5.58. The monoisotopic (exact) mass is 579 g/mol. The maximum Gasteiger partial charge on any atom is 0.160 e. The minimum atomic E-state index is 0.738. The minimum absolute atomic E-state index is 0.738. The van der Waals surface area contributed by atoms with E-state index in [9.17, 15) is 0 Å². The fraction of sp³-hybridized carbons (Fsp3) is 0. The van der Waals surface area contributed by atoms with Crippen molar-refractivity contribution in [1.29, 1.82) is 0 Å². The third kappa shape index (κ3) is 3.96. The second-order valence-corrected chi connectivity index (χ2v) is 12.1. The Kier molecular flexibility index (Phi) is 5.68. The second-order valence-electron chi connectivity index (χ2n) is 11.0. The van der Waals surface area contributed by atoms with E-state index in [0.29, 0.717) is 0 Å². The van der Waals surface area contributed by atoms with Crippen LogP contribution < -0.4 is 0 Å². The van der Waals surface area contributed by atoms with Crippen molar-refractivity contribution in [3.63, 3.8) is 0 Å². The van der Waals surface area contributed by atoms with E-state index in [1.54, 1.807) is 11.3 Å².